The van der Waals surface area contributed by atoms with Gasteiger partial charge >= 0.3 is 0 Å². The summed E-state index contributed by atoms with van der Waals surface area (Å²) in [5.74, 6) is -0.117. The molecule has 6 nitrogen and oxygen atoms in total. The number of carbonyl (C=O) groups is 1. The minimum Gasteiger partial charge on any atom is -0.508 e. The zero-order valence-corrected chi connectivity index (χ0v) is 14.7. The molecule has 25 heavy (non-hydrogen) atoms. The molecule has 0 radical (unpaired) electrons. The number of aromatic amines is 1. The largest absolute Gasteiger partial charge is 0.508 e. The number of hydrogen-bond acceptors (Lipinski definition) is 5. The van der Waals surface area contributed by atoms with Gasteiger partial charge in [-0.3, -0.25) is 4.79 Å². The standard InChI is InChI=1S/C18H18N4O2S/c1-11(2)25-18-20-15-8-5-13(9-16(15)21-18)17(24)22-19-10-12-3-6-14(23)7-4-12/h3-11,23H,1-2H3,(H,20,21)(H,22,24)/b19-10-. The second-order valence-electron chi connectivity index (χ2n) is 5.73. The van der Waals surface area contributed by atoms with Crippen molar-refractivity contribution in [1.29, 1.82) is 0 Å². The fraction of sp³-hybridized carbons (Fsp3) is 0.167. The summed E-state index contributed by atoms with van der Waals surface area (Å²) in [6.07, 6.45) is 1.52. The lowest BCUT2D eigenvalue weighted by Gasteiger charge is -2.00. The lowest BCUT2D eigenvalue weighted by molar-refractivity contribution is 0.0955. The maximum absolute atomic E-state index is 12.2. The number of hydrazone groups is 1. The van der Waals surface area contributed by atoms with Crippen LogP contribution < -0.4 is 5.43 Å². The highest BCUT2D eigenvalue weighted by atomic mass is 32.2. The molecule has 0 aliphatic heterocycles. The van der Waals surface area contributed by atoms with E-state index in [9.17, 15) is 9.90 Å². The number of fused-ring (bicyclic) bond motifs is 1. The quantitative estimate of drug-likeness (QED) is 0.371. The summed E-state index contributed by atoms with van der Waals surface area (Å²) in [7, 11) is 0. The molecule has 2 aromatic carbocycles. The van der Waals surface area contributed by atoms with Crippen molar-refractivity contribution < 1.29 is 9.90 Å². The number of amides is 1. The zero-order valence-electron chi connectivity index (χ0n) is 13.9. The van der Waals surface area contributed by atoms with Crippen LogP contribution in [0.15, 0.2) is 52.7 Å². The molecule has 1 aromatic heterocycles. The van der Waals surface area contributed by atoms with Gasteiger partial charge in [0.05, 0.1) is 17.2 Å². The van der Waals surface area contributed by atoms with Crippen LogP contribution in [-0.4, -0.2) is 32.4 Å². The molecule has 128 valence electrons. The Hall–Kier alpha value is -2.80. The first-order valence-corrected chi connectivity index (χ1v) is 8.68. The van der Waals surface area contributed by atoms with E-state index in [0.29, 0.717) is 10.8 Å². The van der Waals surface area contributed by atoms with Crippen LogP contribution in [0.4, 0.5) is 0 Å². The molecule has 1 heterocycles. The highest BCUT2D eigenvalue weighted by Crippen LogP contribution is 2.23. The zero-order chi connectivity index (χ0) is 17.8. The van der Waals surface area contributed by atoms with E-state index in [1.165, 1.54) is 6.21 Å². The number of imidazole rings is 1. The third-order valence-corrected chi connectivity index (χ3v) is 4.23. The van der Waals surface area contributed by atoms with Crippen LogP contribution in [0.5, 0.6) is 5.75 Å². The molecule has 0 bridgehead atoms. The maximum atomic E-state index is 12.2. The van der Waals surface area contributed by atoms with Crippen LogP contribution in [0.3, 0.4) is 0 Å². The Morgan fingerprint density at radius 3 is 2.76 bits per heavy atom. The number of carbonyl (C=O) groups excluding carboxylic acids is 1. The van der Waals surface area contributed by atoms with Crippen LogP contribution in [0.1, 0.15) is 29.8 Å². The van der Waals surface area contributed by atoms with Crippen molar-refractivity contribution in [2.45, 2.75) is 24.3 Å². The molecule has 3 rings (SSSR count). The average Bonchev–Trinajstić information content (AvgIpc) is 2.97. The van der Waals surface area contributed by atoms with Crippen LogP contribution in [-0.2, 0) is 0 Å². The number of nitrogens with one attached hydrogen (secondary N) is 2. The first-order chi connectivity index (χ1) is 12.0. The van der Waals surface area contributed by atoms with Crippen molar-refractivity contribution in [2.75, 3.05) is 0 Å². The number of rotatable bonds is 5. The molecule has 3 N–H and O–H groups in total. The molecule has 1 amide bonds. The van der Waals surface area contributed by atoms with Gasteiger partial charge in [0.25, 0.3) is 5.91 Å². The van der Waals surface area contributed by atoms with E-state index >= 15 is 0 Å². The van der Waals surface area contributed by atoms with Gasteiger partial charge in [-0.15, -0.1) is 0 Å². The third kappa shape index (κ3) is 4.39. The smallest absolute Gasteiger partial charge is 0.271 e. The van der Waals surface area contributed by atoms with Gasteiger partial charge in [-0.05, 0) is 48.0 Å². The monoisotopic (exact) mass is 354 g/mol. The van der Waals surface area contributed by atoms with Gasteiger partial charge < -0.3 is 10.1 Å². The topological polar surface area (TPSA) is 90.4 Å². The van der Waals surface area contributed by atoms with Gasteiger partial charge in [0, 0.05) is 10.8 Å². The maximum Gasteiger partial charge on any atom is 0.271 e. The lowest BCUT2D eigenvalue weighted by Crippen LogP contribution is -2.17. The van der Waals surface area contributed by atoms with E-state index in [4.69, 9.17) is 0 Å². The van der Waals surface area contributed by atoms with Crippen molar-refractivity contribution in [2.24, 2.45) is 5.10 Å². The van der Waals surface area contributed by atoms with Crippen LogP contribution in [0.25, 0.3) is 11.0 Å². The molecule has 0 unspecified atom stereocenters. The molecule has 0 aliphatic carbocycles. The summed E-state index contributed by atoms with van der Waals surface area (Å²) in [4.78, 5) is 19.9. The second-order valence-corrected chi connectivity index (χ2v) is 7.30. The number of benzene rings is 2. The number of aromatic hydroxyl groups is 1. The van der Waals surface area contributed by atoms with Crippen molar-refractivity contribution in [3.63, 3.8) is 0 Å². The normalized spacial score (nSPS) is 11.5. The van der Waals surface area contributed by atoms with E-state index < -0.39 is 0 Å². The number of H-pyrrole nitrogens is 1. The number of phenols is 1. The number of thioether (sulfide) groups is 1. The van der Waals surface area contributed by atoms with Crippen molar-refractivity contribution >= 4 is 34.9 Å². The van der Waals surface area contributed by atoms with Crippen molar-refractivity contribution in [3.8, 4) is 5.75 Å². The molecule has 0 aliphatic rings. The molecule has 0 spiro atoms. The summed E-state index contributed by atoms with van der Waals surface area (Å²) in [6, 6.07) is 11.8. The van der Waals surface area contributed by atoms with Gasteiger partial charge in [-0.1, -0.05) is 25.6 Å². The molecule has 0 fully saturated rings. The van der Waals surface area contributed by atoms with Crippen molar-refractivity contribution in [1.82, 2.24) is 15.4 Å². The fourth-order valence-corrected chi connectivity index (χ4v) is 2.96. The Balaban J connectivity index is 1.70. The fourth-order valence-electron chi connectivity index (χ4n) is 2.20. The highest BCUT2D eigenvalue weighted by molar-refractivity contribution is 7.99. The number of phenolic OH excluding ortho intramolecular Hbond substituents is 1. The number of hydrogen-bond donors (Lipinski definition) is 3. The molecular formula is C18H18N4O2S. The minimum atomic E-state index is -0.301. The Morgan fingerprint density at radius 1 is 1.28 bits per heavy atom. The van der Waals surface area contributed by atoms with E-state index in [0.717, 1.165) is 21.8 Å². The van der Waals surface area contributed by atoms with Gasteiger partial charge in [-0.2, -0.15) is 5.10 Å². The van der Waals surface area contributed by atoms with Gasteiger partial charge in [0.15, 0.2) is 5.16 Å². The highest BCUT2D eigenvalue weighted by Gasteiger charge is 2.09. The average molecular weight is 354 g/mol. The third-order valence-electron chi connectivity index (χ3n) is 3.34. The van der Waals surface area contributed by atoms with Gasteiger partial charge in [0.2, 0.25) is 0 Å². The first kappa shape index (κ1) is 17.0. The Bertz CT molecular complexity index is 916. The summed E-state index contributed by atoms with van der Waals surface area (Å²) in [6.45, 7) is 4.20. The molecule has 3 aromatic rings. The minimum absolute atomic E-state index is 0.184. The molecule has 7 heteroatoms. The van der Waals surface area contributed by atoms with E-state index in [2.05, 4.69) is 34.3 Å². The van der Waals surface area contributed by atoms with Gasteiger partial charge in [-0.25, -0.2) is 10.4 Å². The van der Waals surface area contributed by atoms with Crippen LogP contribution >= 0.6 is 11.8 Å². The molecule has 0 saturated carbocycles. The van der Waals surface area contributed by atoms with E-state index in [1.54, 1.807) is 48.2 Å². The van der Waals surface area contributed by atoms with Crippen LogP contribution in [0, 0.1) is 0 Å². The number of nitrogens with zero attached hydrogens (tertiary/aromatic N) is 2. The predicted molar refractivity (Wildman–Crippen MR) is 100 cm³/mol. The Kier molecular flexibility index (Phi) is 5.04. The Morgan fingerprint density at radius 2 is 2.04 bits per heavy atom. The SMILES string of the molecule is CC(C)Sc1nc2ccc(C(=O)N/N=C\c3ccc(O)cc3)cc2[nH]1. The van der Waals surface area contributed by atoms with E-state index in [-0.39, 0.29) is 11.7 Å². The van der Waals surface area contributed by atoms with E-state index in [1.807, 2.05) is 6.07 Å². The Labute approximate surface area is 149 Å². The lowest BCUT2D eigenvalue weighted by atomic mass is 10.2. The number of aromatic nitrogens is 2. The van der Waals surface area contributed by atoms with Crippen molar-refractivity contribution in [3.05, 3.63) is 53.6 Å². The summed E-state index contributed by atoms with van der Waals surface area (Å²) in [5, 5.41) is 14.4. The van der Waals surface area contributed by atoms with Crippen LogP contribution in [0.2, 0.25) is 0 Å². The summed E-state index contributed by atoms with van der Waals surface area (Å²) in [5.41, 5.74) is 5.41. The predicted octanol–water partition coefficient (Wildman–Crippen LogP) is 3.53. The second kappa shape index (κ2) is 7.40. The summed E-state index contributed by atoms with van der Waals surface area (Å²) < 4.78 is 0. The summed E-state index contributed by atoms with van der Waals surface area (Å²) >= 11 is 1.64. The molecule has 0 atom stereocenters. The molecule has 0 saturated heterocycles. The molecular weight excluding hydrogens is 336 g/mol. The first-order valence-electron chi connectivity index (χ1n) is 7.80. The van der Waals surface area contributed by atoms with Gasteiger partial charge in [0.1, 0.15) is 5.75 Å².